The van der Waals surface area contributed by atoms with Crippen molar-refractivity contribution in [2.24, 2.45) is 0 Å². The Hall–Kier alpha value is -3.75. The zero-order chi connectivity index (χ0) is 24.2. The number of hydrogen-bond acceptors (Lipinski definition) is 5. The van der Waals surface area contributed by atoms with Gasteiger partial charge in [0.2, 0.25) is 0 Å². The van der Waals surface area contributed by atoms with Crippen LogP contribution in [0.5, 0.6) is 5.75 Å². The predicted molar refractivity (Wildman–Crippen MR) is 133 cm³/mol. The van der Waals surface area contributed by atoms with Crippen LogP contribution >= 0.6 is 22.9 Å². The predicted octanol–water partition coefficient (Wildman–Crippen LogP) is 6.42. The number of rotatable bonds is 6. The van der Waals surface area contributed by atoms with Crippen LogP contribution in [0.1, 0.15) is 25.7 Å². The number of nitrogens with one attached hydrogen (secondary N) is 2. The van der Waals surface area contributed by atoms with Crippen molar-refractivity contribution < 1.29 is 18.7 Å². The number of methoxy groups -OCH3 is 1. The van der Waals surface area contributed by atoms with E-state index in [-0.39, 0.29) is 11.5 Å². The third kappa shape index (κ3) is 5.24. The van der Waals surface area contributed by atoms with Gasteiger partial charge in [-0.3, -0.25) is 9.59 Å². The van der Waals surface area contributed by atoms with Crippen LogP contribution in [-0.4, -0.2) is 23.9 Å². The van der Waals surface area contributed by atoms with Crippen molar-refractivity contribution in [1.82, 2.24) is 4.98 Å². The molecule has 0 fully saturated rings. The normalized spacial score (nSPS) is 10.6. The summed E-state index contributed by atoms with van der Waals surface area (Å²) in [6.07, 6.45) is 0. The van der Waals surface area contributed by atoms with E-state index in [1.54, 1.807) is 37.3 Å². The van der Waals surface area contributed by atoms with Gasteiger partial charge in [-0.1, -0.05) is 29.8 Å². The summed E-state index contributed by atoms with van der Waals surface area (Å²) in [7, 11) is 1.46. The smallest absolute Gasteiger partial charge is 0.267 e. The molecule has 0 unspecified atom stereocenters. The first-order valence-electron chi connectivity index (χ1n) is 10.1. The Morgan fingerprint density at radius 3 is 2.47 bits per heavy atom. The molecule has 1 heterocycles. The highest BCUT2D eigenvalue weighted by Crippen LogP contribution is 2.31. The molecule has 0 aliphatic rings. The van der Waals surface area contributed by atoms with E-state index in [1.807, 2.05) is 12.1 Å². The number of amides is 2. The third-order valence-corrected chi connectivity index (χ3v) is 6.34. The molecule has 0 saturated heterocycles. The molecule has 0 spiro atoms. The largest absolute Gasteiger partial charge is 0.495 e. The van der Waals surface area contributed by atoms with Crippen molar-refractivity contribution in [3.63, 3.8) is 0 Å². The molecule has 6 nitrogen and oxygen atoms in total. The molecule has 0 radical (unpaired) electrons. The fourth-order valence-electron chi connectivity index (χ4n) is 3.22. The number of nitrogens with zero attached hydrogens (tertiary/aromatic N) is 1. The molecule has 9 heteroatoms. The van der Waals surface area contributed by atoms with Crippen molar-refractivity contribution in [3.05, 3.63) is 93.7 Å². The third-order valence-electron chi connectivity index (χ3n) is 4.89. The molecule has 2 N–H and O–H groups in total. The van der Waals surface area contributed by atoms with Crippen molar-refractivity contribution in [2.75, 3.05) is 17.7 Å². The van der Waals surface area contributed by atoms with Crippen molar-refractivity contribution >= 4 is 46.1 Å². The van der Waals surface area contributed by atoms with E-state index in [9.17, 15) is 14.0 Å². The molecule has 2 amide bonds. The van der Waals surface area contributed by atoms with Crippen LogP contribution in [0.4, 0.5) is 15.8 Å². The molecule has 1 aromatic heterocycles. The molecule has 4 rings (SSSR count). The van der Waals surface area contributed by atoms with Crippen LogP contribution < -0.4 is 15.4 Å². The number of halogens is 2. The molecule has 3 aromatic carbocycles. The number of hydrogen-bond donors (Lipinski definition) is 2. The summed E-state index contributed by atoms with van der Waals surface area (Å²) in [4.78, 5) is 30.5. The van der Waals surface area contributed by atoms with Gasteiger partial charge in [-0.2, -0.15) is 0 Å². The van der Waals surface area contributed by atoms with Crippen molar-refractivity contribution in [2.45, 2.75) is 6.92 Å². The fourth-order valence-corrected chi connectivity index (χ4v) is 4.31. The first-order valence-corrected chi connectivity index (χ1v) is 11.3. The van der Waals surface area contributed by atoms with E-state index in [0.29, 0.717) is 37.7 Å². The fraction of sp³-hybridized carbons (Fsp3) is 0.0800. The standard InChI is InChI=1S/C25H19ClFN3O3S/c1-14-22(34-25(28-14)15-6-8-17(26)9-7-15)24(32)29-19-10-11-21(33-2)20(13-19)30-23(31)16-4-3-5-18(27)12-16/h3-13H,1-2H3,(H,29,32)(H,30,31). The highest BCUT2D eigenvalue weighted by molar-refractivity contribution is 7.17. The maximum absolute atomic E-state index is 13.5. The molecular formula is C25H19ClFN3O3S. The number of benzene rings is 3. The van der Waals surface area contributed by atoms with Gasteiger partial charge in [0.1, 0.15) is 21.5 Å². The first kappa shape index (κ1) is 23.4. The highest BCUT2D eigenvalue weighted by atomic mass is 35.5. The van der Waals surface area contributed by atoms with Crippen LogP contribution in [0.15, 0.2) is 66.7 Å². The summed E-state index contributed by atoms with van der Waals surface area (Å²) in [5.41, 5.74) is 2.40. The Bertz CT molecular complexity index is 1370. The Labute approximate surface area is 204 Å². The zero-order valence-corrected chi connectivity index (χ0v) is 19.8. The highest BCUT2D eigenvalue weighted by Gasteiger charge is 2.18. The molecule has 4 aromatic rings. The maximum atomic E-state index is 13.5. The van der Waals surface area contributed by atoms with E-state index in [4.69, 9.17) is 16.3 Å². The molecule has 0 atom stereocenters. The Kier molecular flexibility index (Phi) is 6.90. The lowest BCUT2D eigenvalue weighted by atomic mass is 10.2. The summed E-state index contributed by atoms with van der Waals surface area (Å²) in [5, 5.41) is 6.85. The minimum Gasteiger partial charge on any atom is -0.495 e. The number of anilines is 2. The summed E-state index contributed by atoms with van der Waals surface area (Å²) >= 11 is 7.22. The van der Waals surface area contributed by atoms with Crippen LogP contribution in [0.3, 0.4) is 0 Å². The quantitative estimate of drug-likeness (QED) is 0.323. The van der Waals surface area contributed by atoms with Crippen molar-refractivity contribution in [1.29, 1.82) is 0 Å². The molecule has 0 aliphatic carbocycles. The van der Waals surface area contributed by atoms with E-state index in [2.05, 4.69) is 15.6 Å². The van der Waals surface area contributed by atoms with Crippen LogP contribution in [-0.2, 0) is 0 Å². The SMILES string of the molecule is COc1ccc(NC(=O)c2sc(-c3ccc(Cl)cc3)nc2C)cc1NC(=O)c1cccc(F)c1. The van der Waals surface area contributed by atoms with Gasteiger partial charge in [-0.15, -0.1) is 11.3 Å². The van der Waals surface area contributed by atoms with Gasteiger partial charge in [0.25, 0.3) is 11.8 Å². The summed E-state index contributed by atoms with van der Waals surface area (Å²) in [5.74, 6) is -0.963. The van der Waals surface area contributed by atoms with Crippen LogP contribution in [0.25, 0.3) is 10.6 Å². The zero-order valence-electron chi connectivity index (χ0n) is 18.2. The second kappa shape index (κ2) is 10.0. The maximum Gasteiger partial charge on any atom is 0.267 e. The van der Waals surface area contributed by atoms with E-state index >= 15 is 0 Å². The van der Waals surface area contributed by atoms with E-state index < -0.39 is 11.7 Å². The number of ether oxygens (including phenoxy) is 1. The second-order valence-electron chi connectivity index (χ2n) is 7.27. The number of carbonyl (C=O) groups excluding carboxylic acids is 2. The van der Waals surface area contributed by atoms with Crippen molar-refractivity contribution in [3.8, 4) is 16.3 Å². The van der Waals surface area contributed by atoms with Gasteiger partial charge in [-0.05, 0) is 55.5 Å². The molecule has 0 bridgehead atoms. The first-order chi connectivity index (χ1) is 16.3. The number of carbonyl (C=O) groups is 2. The van der Waals surface area contributed by atoms with Gasteiger partial charge in [-0.25, -0.2) is 9.37 Å². The number of aryl methyl sites for hydroxylation is 1. The summed E-state index contributed by atoms with van der Waals surface area (Å²) in [6.45, 7) is 1.77. The van der Waals surface area contributed by atoms with Crippen LogP contribution in [0, 0.1) is 12.7 Å². The molecule has 0 saturated carbocycles. The molecular weight excluding hydrogens is 477 g/mol. The second-order valence-corrected chi connectivity index (χ2v) is 8.71. The average molecular weight is 496 g/mol. The van der Waals surface area contributed by atoms with Gasteiger partial charge >= 0.3 is 0 Å². The molecule has 0 aliphatic heterocycles. The minimum atomic E-state index is -0.515. The lowest BCUT2D eigenvalue weighted by Gasteiger charge is -2.13. The Balaban J connectivity index is 1.54. The van der Waals surface area contributed by atoms with E-state index in [1.165, 1.54) is 36.6 Å². The topological polar surface area (TPSA) is 80.3 Å². The molecule has 34 heavy (non-hydrogen) atoms. The van der Waals surface area contributed by atoms with Crippen LogP contribution in [0.2, 0.25) is 5.02 Å². The van der Waals surface area contributed by atoms with Gasteiger partial charge in [0.05, 0.1) is 18.5 Å². The van der Waals surface area contributed by atoms with Gasteiger partial charge < -0.3 is 15.4 Å². The average Bonchev–Trinajstić information content (AvgIpc) is 3.21. The monoisotopic (exact) mass is 495 g/mol. The number of aromatic nitrogens is 1. The minimum absolute atomic E-state index is 0.159. The lowest BCUT2D eigenvalue weighted by Crippen LogP contribution is -2.14. The molecule has 172 valence electrons. The van der Waals surface area contributed by atoms with Gasteiger partial charge in [0, 0.05) is 21.8 Å². The summed E-state index contributed by atoms with van der Waals surface area (Å²) < 4.78 is 18.8. The summed E-state index contributed by atoms with van der Waals surface area (Å²) in [6, 6.07) is 17.4. The Morgan fingerprint density at radius 1 is 1.00 bits per heavy atom. The Morgan fingerprint density at radius 2 is 1.76 bits per heavy atom. The lowest BCUT2D eigenvalue weighted by molar-refractivity contribution is 0.102. The van der Waals surface area contributed by atoms with E-state index in [0.717, 1.165) is 11.6 Å². The number of thiazole rings is 1. The van der Waals surface area contributed by atoms with Gasteiger partial charge in [0.15, 0.2) is 0 Å².